The standard InChI is InChI=1S/C12H18N2O3S/c1-7(2)5-9(12(16)17-4)14-11(15)10-8(3)13-6-18-10/h6-7,9H,5H2,1-4H3,(H,14,15). The van der Waals surface area contributed by atoms with Crippen LogP contribution < -0.4 is 5.32 Å². The number of aryl methyl sites for hydroxylation is 1. The van der Waals surface area contributed by atoms with Crippen LogP contribution in [-0.2, 0) is 9.53 Å². The minimum absolute atomic E-state index is 0.272. The second-order valence-corrected chi connectivity index (χ2v) is 5.30. The summed E-state index contributed by atoms with van der Waals surface area (Å²) in [5, 5.41) is 2.70. The molecule has 1 amide bonds. The lowest BCUT2D eigenvalue weighted by Gasteiger charge is -2.17. The number of aromatic nitrogens is 1. The molecule has 0 fully saturated rings. The first kappa shape index (κ1) is 14.6. The van der Waals surface area contributed by atoms with Crippen molar-refractivity contribution in [2.75, 3.05) is 7.11 Å². The molecule has 0 saturated heterocycles. The molecular weight excluding hydrogens is 252 g/mol. The highest BCUT2D eigenvalue weighted by molar-refractivity contribution is 7.11. The number of carbonyl (C=O) groups excluding carboxylic acids is 2. The highest BCUT2D eigenvalue weighted by atomic mass is 32.1. The third kappa shape index (κ3) is 3.80. The summed E-state index contributed by atoms with van der Waals surface area (Å²) in [5.74, 6) is -0.401. The molecular formula is C12H18N2O3S. The Morgan fingerprint density at radius 1 is 1.50 bits per heavy atom. The Morgan fingerprint density at radius 2 is 2.17 bits per heavy atom. The number of thiazole rings is 1. The summed E-state index contributed by atoms with van der Waals surface area (Å²) >= 11 is 1.26. The number of methoxy groups -OCH3 is 1. The topological polar surface area (TPSA) is 68.3 Å². The lowest BCUT2D eigenvalue weighted by atomic mass is 10.0. The third-order valence-corrected chi connectivity index (χ3v) is 3.38. The Kier molecular flexibility index (Phi) is 5.27. The molecule has 5 nitrogen and oxygen atoms in total. The van der Waals surface area contributed by atoms with E-state index >= 15 is 0 Å². The summed E-state index contributed by atoms with van der Waals surface area (Å²) < 4.78 is 4.70. The molecule has 1 heterocycles. The molecule has 1 aromatic heterocycles. The van der Waals surface area contributed by atoms with Crippen LogP contribution in [-0.4, -0.2) is 30.0 Å². The van der Waals surface area contributed by atoms with Crippen LogP contribution in [0.2, 0.25) is 0 Å². The first-order chi connectivity index (χ1) is 8.45. The molecule has 0 aliphatic rings. The fourth-order valence-electron chi connectivity index (χ4n) is 1.57. The second kappa shape index (κ2) is 6.49. The zero-order valence-electron chi connectivity index (χ0n) is 11.0. The van der Waals surface area contributed by atoms with Crippen molar-refractivity contribution in [1.29, 1.82) is 0 Å². The predicted molar refractivity (Wildman–Crippen MR) is 69.6 cm³/mol. The van der Waals surface area contributed by atoms with Crippen molar-refractivity contribution >= 4 is 23.2 Å². The van der Waals surface area contributed by atoms with Crippen LogP contribution in [0.25, 0.3) is 0 Å². The van der Waals surface area contributed by atoms with Crippen LogP contribution in [0.1, 0.15) is 35.6 Å². The molecule has 1 aromatic rings. The van der Waals surface area contributed by atoms with Gasteiger partial charge in [-0.3, -0.25) is 4.79 Å². The summed E-state index contributed by atoms with van der Waals surface area (Å²) in [5.41, 5.74) is 2.28. The summed E-state index contributed by atoms with van der Waals surface area (Å²) in [4.78, 5) is 28.1. The number of nitrogens with zero attached hydrogens (tertiary/aromatic N) is 1. The molecule has 1 atom stereocenters. The van der Waals surface area contributed by atoms with Crippen LogP contribution in [0.4, 0.5) is 0 Å². The molecule has 0 aliphatic carbocycles. The largest absolute Gasteiger partial charge is 0.467 e. The molecule has 100 valence electrons. The van der Waals surface area contributed by atoms with Crippen molar-refractivity contribution in [2.45, 2.75) is 33.2 Å². The molecule has 1 N–H and O–H groups in total. The first-order valence-corrected chi connectivity index (χ1v) is 6.62. The molecule has 0 radical (unpaired) electrons. The molecule has 6 heteroatoms. The zero-order chi connectivity index (χ0) is 13.7. The molecule has 1 rings (SSSR count). The Bertz CT molecular complexity index is 429. The van der Waals surface area contributed by atoms with Crippen LogP contribution >= 0.6 is 11.3 Å². The first-order valence-electron chi connectivity index (χ1n) is 5.74. The van der Waals surface area contributed by atoms with Crippen LogP contribution in [0.5, 0.6) is 0 Å². The fourth-order valence-corrected chi connectivity index (χ4v) is 2.28. The lowest BCUT2D eigenvalue weighted by molar-refractivity contribution is -0.143. The van der Waals surface area contributed by atoms with Gasteiger partial charge in [0.2, 0.25) is 0 Å². The summed E-state index contributed by atoms with van der Waals surface area (Å²) in [6, 6.07) is -0.607. The quantitative estimate of drug-likeness (QED) is 0.828. The number of hydrogen-bond donors (Lipinski definition) is 1. The monoisotopic (exact) mass is 270 g/mol. The van der Waals surface area contributed by atoms with Gasteiger partial charge in [0.1, 0.15) is 10.9 Å². The predicted octanol–water partition coefficient (Wildman–Crippen LogP) is 1.77. The zero-order valence-corrected chi connectivity index (χ0v) is 11.8. The van der Waals surface area contributed by atoms with Gasteiger partial charge in [-0.25, -0.2) is 9.78 Å². The molecule has 1 unspecified atom stereocenters. The van der Waals surface area contributed by atoms with Crippen LogP contribution in [0.15, 0.2) is 5.51 Å². The maximum atomic E-state index is 12.0. The van der Waals surface area contributed by atoms with Gasteiger partial charge < -0.3 is 10.1 Å². The molecule has 0 aliphatic heterocycles. The van der Waals surface area contributed by atoms with Crippen LogP contribution in [0.3, 0.4) is 0 Å². The minimum Gasteiger partial charge on any atom is -0.467 e. The Hall–Kier alpha value is -1.43. The van der Waals surface area contributed by atoms with Gasteiger partial charge in [0.15, 0.2) is 0 Å². The van der Waals surface area contributed by atoms with Gasteiger partial charge in [0.25, 0.3) is 5.91 Å². The van der Waals surface area contributed by atoms with Gasteiger partial charge in [-0.15, -0.1) is 11.3 Å². The number of amides is 1. The second-order valence-electron chi connectivity index (χ2n) is 4.45. The van der Waals surface area contributed by atoms with E-state index in [-0.39, 0.29) is 11.8 Å². The summed E-state index contributed by atoms with van der Waals surface area (Å²) in [7, 11) is 1.32. The van der Waals surface area contributed by atoms with Crippen LogP contribution in [0, 0.1) is 12.8 Å². The maximum absolute atomic E-state index is 12.0. The highest BCUT2D eigenvalue weighted by Gasteiger charge is 2.24. The molecule has 0 saturated carbocycles. The molecule has 18 heavy (non-hydrogen) atoms. The molecule has 0 bridgehead atoms. The van der Waals surface area contributed by atoms with Crippen molar-refractivity contribution in [3.05, 3.63) is 16.1 Å². The van der Waals surface area contributed by atoms with E-state index < -0.39 is 12.0 Å². The van der Waals surface area contributed by atoms with Gasteiger partial charge in [-0.2, -0.15) is 0 Å². The Morgan fingerprint density at radius 3 is 2.61 bits per heavy atom. The highest BCUT2D eigenvalue weighted by Crippen LogP contribution is 2.13. The average molecular weight is 270 g/mol. The van der Waals surface area contributed by atoms with E-state index in [1.54, 1.807) is 12.4 Å². The van der Waals surface area contributed by atoms with Crippen molar-refractivity contribution in [3.63, 3.8) is 0 Å². The van der Waals surface area contributed by atoms with Gasteiger partial charge in [-0.1, -0.05) is 13.8 Å². The number of nitrogens with one attached hydrogen (secondary N) is 1. The Labute approximate surface area is 111 Å². The number of ether oxygens (including phenoxy) is 1. The number of rotatable bonds is 5. The summed E-state index contributed by atoms with van der Waals surface area (Å²) in [6.07, 6.45) is 0.552. The van der Waals surface area contributed by atoms with E-state index in [1.165, 1.54) is 18.4 Å². The third-order valence-electron chi connectivity index (χ3n) is 2.45. The van der Waals surface area contributed by atoms with E-state index in [2.05, 4.69) is 10.3 Å². The fraction of sp³-hybridized carbons (Fsp3) is 0.583. The number of esters is 1. The normalized spacial score (nSPS) is 12.3. The van der Waals surface area contributed by atoms with E-state index in [1.807, 2.05) is 13.8 Å². The van der Waals surface area contributed by atoms with Crippen molar-refractivity contribution in [2.24, 2.45) is 5.92 Å². The van der Waals surface area contributed by atoms with Crippen molar-refractivity contribution in [1.82, 2.24) is 10.3 Å². The van der Waals surface area contributed by atoms with Gasteiger partial charge in [0.05, 0.1) is 18.3 Å². The van der Waals surface area contributed by atoms with Gasteiger partial charge >= 0.3 is 5.97 Å². The van der Waals surface area contributed by atoms with Crippen molar-refractivity contribution in [3.8, 4) is 0 Å². The average Bonchev–Trinajstić information content (AvgIpc) is 2.73. The Balaban J connectivity index is 2.74. The molecule has 0 spiro atoms. The maximum Gasteiger partial charge on any atom is 0.328 e. The minimum atomic E-state index is -0.607. The van der Waals surface area contributed by atoms with E-state index in [4.69, 9.17) is 4.74 Å². The van der Waals surface area contributed by atoms with Crippen molar-refractivity contribution < 1.29 is 14.3 Å². The smallest absolute Gasteiger partial charge is 0.328 e. The lowest BCUT2D eigenvalue weighted by Crippen LogP contribution is -2.42. The number of hydrogen-bond acceptors (Lipinski definition) is 5. The van der Waals surface area contributed by atoms with Gasteiger partial charge in [0, 0.05) is 0 Å². The number of carbonyl (C=O) groups is 2. The summed E-state index contributed by atoms with van der Waals surface area (Å²) in [6.45, 7) is 5.74. The van der Waals surface area contributed by atoms with Gasteiger partial charge in [-0.05, 0) is 19.3 Å². The van der Waals surface area contributed by atoms with E-state index in [0.717, 1.165) is 0 Å². The molecule has 0 aromatic carbocycles. The van der Waals surface area contributed by atoms with E-state index in [9.17, 15) is 9.59 Å². The van der Waals surface area contributed by atoms with E-state index in [0.29, 0.717) is 17.0 Å². The SMILES string of the molecule is COC(=O)C(CC(C)C)NC(=O)c1scnc1C.